The molecule has 0 bridgehead atoms. The quantitative estimate of drug-likeness (QED) is 0.260. The number of aromatic nitrogens is 3. The van der Waals surface area contributed by atoms with E-state index in [1.807, 2.05) is 68.4 Å². The van der Waals surface area contributed by atoms with E-state index < -0.39 is 9.84 Å². The number of aromatic amines is 1. The summed E-state index contributed by atoms with van der Waals surface area (Å²) < 4.78 is 36.2. The van der Waals surface area contributed by atoms with Crippen LogP contribution >= 0.6 is 0 Å². The second kappa shape index (κ2) is 10.7. The molecule has 200 valence electrons. The fourth-order valence-corrected chi connectivity index (χ4v) is 5.20. The van der Waals surface area contributed by atoms with Gasteiger partial charge >= 0.3 is 0 Å². The fraction of sp³-hybridized carbons (Fsp3) is 0.207. The number of carbonyl (C=O) groups is 1. The molecule has 0 aliphatic heterocycles. The number of amides is 1. The number of ether oxygens (including phenoxy) is 1. The molecule has 2 aromatic heterocycles. The van der Waals surface area contributed by atoms with Gasteiger partial charge in [0.1, 0.15) is 17.0 Å². The molecule has 0 spiro atoms. The van der Waals surface area contributed by atoms with Gasteiger partial charge in [0.05, 0.1) is 16.2 Å². The second-order valence-electron chi connectivity index (χ2n) is 9.21. The van der Waals surface area contributed by atoms with Gasteiger partial charge in [-0.05, 0) is 56.3 Å². The Bertz CT molecular complexity index is 1710. The number of fused-ring (bicyclic) bond motifs is 1. The minimum absolute atomic E-state index is 0.00494. The van der Waals surface area contributed by atoms with Crippen molar-refractivity contribution in [1.29, 1.82) is 0 Å². The lowest BCUT2D eigenvalue weighted by atomic mass is 10.1. The largest absolute Gasteiger partial charge is 0.484 e. The Hall–Kier alpha value is -4.44. The Labute approximate surface area is 226 Å². The number of oxazole rings is 1. The molecule has 0 radical (unpaired) electrons. The van der Waals surface area contributed by atoms with E-state index >= 15 is 0 Å². The first-order valence-electron chi connectivity index (χ1n) is 12.5. The summed E-state index contributed by atoms with van der Waals surface area (Å²) >= 11 is 0. The van der Waals surface area contributed by atoms with Crippen LogP contribution in [0.2, 0.25) is 0 Å². The lowest BCUT2D eigenvalue weighted by Crippen LogP contribution is -2.40. The maximum absolute atomic E-state index is 13.0. The van der Waals surface area contributed by atoms with Crippen molar-refractivity contribution < 1.29 is 22.4 Å². The summed E-state index contributed by atoms with van der Waals surface area (Å²) in [6.07, 6.45) is 1.68. The van der Waals surface area contributed by atoms with Crippen molar-refractivity contribution in [2.24, 2.45) is 0 Å². The van der Waals surface area contributed by atoms with Crippen LogP contribution in [0.15, 0.2) is 88.3 Å². The number of hydrogen-bond acceptors (Lipinski definition) is 7. The summed E-state index contributed by atoms with van der Waals surface area (Å²) in [4.78, 5) is 19.5. The molecule has 0 saturated carbocycles. The zero-order valence-electron chi connectivity index (χ0n) is 21.8. The van der Waals surface area contributed by atoms with Gasteiger partial charge in [-0.25, -0.2) is 13.4 Å². The van der Waals surface area contributed by atoms with E-state index in [-0.39, 0.29) is 29.2 Å². The van der Waals surface area contributed by atoms with Gasteiger partial charge in [0, 0.05) is 23.5 Å². The van der Waals surface area contributed by atoms with Crippen LogP contribution in [0, 0.1) is 0 Å². The van der Waals surface area contributed by atoms with Gasteiger partial charge < -0.3 is 14.1 Å². The van der Waals surface area contributed by atoms with E-state index in [0.29, 0.717) is 34.0 Å². The van der Waals surface area contributed by atoms with Crippen molar-refractivity contribution in [2.45, 2.75) is 31.7 Å². The van der Waals surface area contributed by atoms with Crippen LogP contribution in [0.1, 0.15) is 20.8 Å². The van der Waals surface area contributed by atoms with E-state index in [2.05, 4.69) is 15.2 Å². The molecule has 0 fully saturated rings. The van der Waals surface area contributed by atoms with E-state index in [1.165, 1.54) is 12.1 Å². The predicted octanol–water partition coefficient (Wildman–Crippen LogP) is 5.50. The average molecular weight is 545 g/mol. The van der Waals surface area contributed by atoms with E-state index in [1.54, 1.807) is 24.1 Å². The molecule has 0 aliphatic rings. The van der Waals surface area contributed by atoms with Crippen LogP contribution in [0.5, 0.6) is 5.75 Å². The van der Waals surface area contributed by atoms with Gasteiger partial charge in [0.25, 0.3) is 5.91 Å². The molecule has 5 aromatic rings. The number of nitrogens with zero attached hydrogens (tertiary/aromatic N) is 3. The number of para-hydroxylation sites is 1. The normalized spacial score (nSPS) is 11.7. The summed E-state index contributed by atoms with van der Waals surface area (Å²) in [5, 5.41) is 7.25. The van der Waals surface area contributed by atoms with Gasteiger partial charge in [-0.1, -0.05) is 37.3 Å². The molecule has 0 saturated heterocycles. The third-order valence-electron chi connectivity index (χ3n) is 6.28. The first kappa shape index (κ1) is 26.2. The summed E-state index contributed by atoms with van der Waals surface area (Å²) in [6.45, 7) is 5.42. The third-order valence-corrected chi connectivity index (χ3v) is 8.01. The molecule has 3 aromatic carbocycles. The number of carbonyl (C=O) groups excluding carboxylic acids is 1. The molecular formula is C29H28N4O5S. The Morgan fingerprint density at radius 2 is 1.79 bits per heavy atom. The number of anilines is 1. The minimum Gasteiger partial charge on any atom is -0.484 e. The van der Waals surface area contributed by atoms with Gasteiger partial charge in [-0.2, -0.15) is 5.10 Å². The first-order valence-corrected chi connectivity index (χ1v) is 14.2. The minimum atomic E-state index is -3.36. The number of rotatable bonds is 9. The van der Waals surface area contributed by atoms with Crippen LogP contribution in [0.4, 0.5) is 5.69 Å². The molecule has 0 unspecified atom stereocenters. The smallest absolute Gasteiger partial charge is 0.265 e. The third kappa shape index (κ3) is 5.42. The Kier molecular flexibility index (Phi) is 7.21. The first-order chi connectivity index (χ1) is 18.8. The number of H-pyrrole nitrogens is 1. The van der Waals surface area contributed by atoms with Crippen molar-refractivity contribution in [1.82, 2.24) is 15.2 Å². The molecule has 1 N–H and O–H groups in total. The van der Waals surface area contributed by atoms with Crippen molar-refractivity contribution >= 4 is 32.5 Å². The Balaban J connectivity index is 1.39. The SMILES string of the molecule is CCS(=O)(=O)c1ccc2oc(-c3c[nH]nc3-c3ccc(N(C(=O)COc4ccccc4)C(C)C)cc3)nc2c1. The molecule has 2 heterocycles. The molecule has 0 atom stereocenters. The van der Waals surface area contributed by atoms with E-state index in [9.17, 15) is 13.2 Å². The molecule has 39 heavy (non-hydrogen) atoms. The zero-order valence-corrected chi connectivity index (χ0v) is 22.6. The predicted molar refractivity (Wildman–Crippen MR) is 149 cm³/mol. The van der Waals surface area contributed by atoms with Gasteiger partial charge in [-0.3, -0.25) is 9.89 Å². The average Bonchev–Trinajstić information content (AvgIpc) is 3.59. The molecule has 10 heteroatoms. The molecular weight excluding hydrogens is 516 g/mol. The summed E-state index contributed by atoms with van der Waals surface area (Å²) in [5.41, 5.74) is 3.70. The highest BCUT2D eigenvalue weighted by Crippen LogP contribution is 2.33. The maximum atomic E-state index is 13.0. The van der Waals surface area contributed by atoms with Crippen LogP contribution in [-0.2, 0) is 14.6 Å². The topological polar surface area (TPSA) is 118 Å². The number of nitrogens with one attached hydrogen (secondary N) is 1. The highest BCUT2D eigenvalue weighted by Gasteiger charge is 2.22. The summed E-state index contributed by atoms with van der Waals surface area (Å²) in [6, 6.07) is 21.3. The van der Waals surface area contributed by atoms with Crippen LogP contribution in [0.25, 0.3) is 33.8 Å². The van der Waals surface area contributed by atoms with Gasteiger partial charge in [0.15, 0.2) is 22.0 Å². The van der Waals surface area contributed by atoms with Crippen LogP contribution < -0.4 is 9.64 Å². The Morgan fingerprint density at radius 3 is 2.49 bits per heavy atom. The van der Waals surface area contributed by atoms with Gasteiger partial charge in [0.2, 0.25) is 5.89 Å². The highest BCUT2D eigenvalue weighted by atomic mass is 32.2. The van der Waals surface area contributed by atoms with Gasteiger partial charge in [-0.15, -0.1) is 0 Å². The molecule has 9 nitrogen and oxygen atoms in total. The number of hydrogen-bond donors (Lipinski definition) is 1. The van der Waals surface area contributed by atoms with Crippen molar-refractivity contribution in [3.63, 3.8) is 0 Å². The van der Waals surface area contributed by atoms with Crippen molar-refractivity contribution in [3.8, 4) is 28.5 Å². The van der Waals surface area contributed by atoms with E-state index in [4.69, 9.17) is 9.15 Å². The number of sulfone groups is 1. The molecule has 0 aliphatic carbocycles. The lowest BCUT2D eigenvalue weighted by molar-refractivity contribution is -0.120. The monoisotopic (exact) mass is 544 g/mol. The Morgan fingerprint density at radius 1 is 1.05 bits per heavy atom. The maximum Gasteiger partial charge on any atom is 0.265 e. The standard InChI is InChI=1S/C29H28N4O5S/c1-4-39(35,36)23-14-15-26-25(16-23)31-29(38-26)24-17-30-32-28(24)20-10-12-21(13-11-20)33(19(2)3)27(34)18-37-22-8-6-5-7-9-22/h5-17,19H,4,18H2,1-3H3,(H,30,32). The molecule has 5 rings (SSSR count). The zero-order chi connectivity index (χ0) is 27.6. The number of benzene rings is 3. The van der Waals surface area contributed by atoms with Crippen molar-refractivity contribution in [3.05, 3.63) is 79.0 Å². The summed E-state index contributed by atoms with van der Waals surface area (Å²) in [7, 11) is -3.36. The van der Waals surface area contributed by atoms with Crippen molar-refractivity contribution in [2.75, 3.05) is 17.3 Å². The van der Waals surface area contributed by atoms with E-state index in [0.717, 1.165) is 11.3 Å². The second-order valence-corrected chi connectivity index (χ2v) is 11.5. The fourth-order valence-electron chi connectivity index (χ4n) is 4.30. The van der Waals surface area contributed by atoms with Crippen LogP contribution in [-0.4, -0.2) is 47.9 Å². The lowest BCUT2D eigenvalue weighted by Gasteiger charge is -2.27. The van der Waals surface area contributed by atoms with Crippen LogP contribution in [0.3, 0.4) is 0 Å². The summed E-state index contributed by atoms with van der Waals surface area (Å²) in [5.74, 6) is 0.808. The molecule has 1 amide bonds. The highest BCUT2D eigenvalue weighted by molar-refractivity contribution is 7.91.